The molecule has 0 saturated carbocycles. The predicted octanol–water partition coefficient (Wildman–Crippen LogP) is 1.99. The summed E-state index contributed by atoms with van der Waals surface area (Å²) < 4.78 is 5.39. The van der Waals surface area contributed by atoms with Crippen LogP contribution in [0.5, 0.6) is 5.75 Å². The van der Waals surface area contributed by atoms with E-state index in [0.717, 1.165) is 5.69 Å². The van der Waals surface area contributed by atoms with Crippen LogP contribution in [-0.4, -0.2) is 31.3 Å². The van der Waals surface area contributed by atoms with E-state index in [1.165, 1.54) is 0 Å². The van der Waals surface area contributed by atoms with Gasteiger partial charge >= 0.3 is 5.97 Å². The van der Waals surface area contributed by atoms with E-state index in [0.29, 0.717) is 12.2 Å². The van der Waals surface area contributed by atoms with Gasteiger partial charge in [0, 0.05) is 25.8 Å². The molecule has 0 bridgehead atoms. The van der Waals surface area contributed by atoms with Crippen molar-refractivity contribution in [1.29, 1.82) is 0 Å². The number of benzene rings is 1. The number of aliphatic carboxylic acids is 1. The van der Waals surface area contributed by atoms with Gasteiger partial charge in [-0.25, -0.2) is 4.79 Å². The van der Waals surface area contributed by atoms with Crippen LogP contribution < -0.4 is 9.64 Å². The van der Waals surface area contributed by atoms with Gasteiger partial charge in [0.15, 0.2) is 6.10 Å². The van der Waals surface area contributed by atoms with E-state index < -0.39 is 12.1 Å². The molecular formula is C12H17NO3. The molecule has 1 aromatic carbocycles. The Morgan fingerprint density at radius 1 is 1.50 bits per heavy atom. The van der Waals surface area contributed by atoms with Gasteiger partial charge in [-0.05, 0) is 18.6 Å². The maximum absolute atomic E-state index is 10.8. The highest BCUT2D eigenvalue weighted by Crippen LogP contribution is 2.20. The Kier molecular flexibility index (Phi) is 4.17. The van der Waals surface area contributed by atoms with Crippen molar-refractivity contribution >= 4 is 11.7 Å². The monoisotopic (exact) mass is 223 g/mol. The first-order valence-electron chi connectivity index (χ1n) is 5.21. The van der Waals surface area contributed by atoms with Crippen LogP contribution in [0, 0.1) is 0 Å². The quantitative estimate of drug-likeness (QED) is 0.829. The van der Waals surface area contributed by atoms with Gasteiger partial charge < -0.3 is 14.7 Å². The number of carbonyl (C=O) groups is 1. The van der Waals surface area contributed by atoms with Crippen molar-refractivity contribution in [3.05, 3.63) is 24.3 Å². The second-order valence-corrected chi connectivity index (χ2v) is 3.74. The third-order valence-corrected chi connectivity index (χ3v) is 2.26. The molecule has 16 heavy (non-hydrogen) atoms. The first-order valence-corrected chi connectivity index (χ1v) is 5.21. The van der Waals surface area contributed by atoms with Gasteiger partial charge in [-0.1, -0.05) is 13.0 Å². The van der Waals surface area contributed by atoms with Crippen LogP contribution in [0.4, 0.5) is 5.69 Å². The number of carboxylic acid groups (broad SMARTS) is 1. The van der Waals surface area contributed by atoms with E-state index in [1.54, 1.807) is 13.0 Å². The number of rotatable bonds is 5. The molecule has 4 heteroatoms. The fourth-order valence-electron chi connectivity index (χ4n) is 1.31. The Labute approximate surface area is 95.5 Å². The van der Waals surface area contributed by atoms with Crippen LogP contribution in [0.25, 0.3) is 0 Å². The largest absolute Gasteiger partial charge is 0.479 e. The molecule has 0 heterocycles. The summed E-state index contributed by atoms with van der Waals surface area (Å²) in [4.78, 5) is 12.8. The number of hydrogen-bond donors (Lipinski definition) is 1. The fraction of sp³-hybridized carbons (Fsp3) is 0.417. The molecule has 1 unspecified atom stereocenters. The number of carboxylic acids is 1. The molecule has 0 fully saturated rings. The van der Waals surface area contributed by atoms with Crippen LogP contribution in [-0.2, 0) is 4.79 Å². The van der Waals surface area contributed by atoms with Crippen molar-refractivity contribution < 1.29 is 14.6 Å². The van der Waals surface area contributed by atoms with Crippen molar-refractivity contribution in [2.75, 3.05) is 19.0 Å². The smallest absolute Gasteiger partial charge is 0.344 e. The molecule has 0 aliphatic heterocycles. The summed E-state index contributed by atoms with van der Waals surface area (Å²) in [7, 11) is 3.85. The van der Waals surface area contributed by atoms with Crippen molar-refractivity contribution in [2.45, 2.75) is 19.4 Å². The minimum absolute atomic E-state index is 0.446. The summed E-state index contributed by atoms with van der Waals surface area (Å²) in [6, 6.07) is 7.37. The zero-order valence-electron chi connectivity index (χ0n) is 9.80. The van der Waals surface area contributed by atoms with Crippen LogP contribution in [0.3, 0.4) is 0 Å². The van der Waals surface area contributed by atoms with Gasteiger partial charge in [0.2, 0.25) is 0 Å². The van der Waals surface area contributed by atoms with E-state index >= 15 is 0 Å². The van der Waals surface area contributed by atoms with E-state index in [9.17, 15) is 4.79 Å². The van der Waals surface area contributed by atoms with Gasteiger partial charge in [-0.3, -0.25) is 0 Å². The number of ether oxygens (including phenoxy) is 1. The second kappa shape index (κ2) is 5.39. The topological polar surface area (TPSA) is 49.8 Å². The van der Waals surface area contributed by atoms with E-state index in [4.69, 9.17) is 9.84 Å². The minimum Gasteiger partial charge on any atom is -0.479 e. The molecule has 1 atom stereocenters. The van der Waals surface area contributed by atoms with E-state index in [2.05, 4.69) is 0 Å². The zero-order valence-corrected chi connectivity index (χ0v) is 9.80. The summed E-state index contributed by atoms with van der Waals surface area (Å²) in [6.45, 7) is 1.79. The maximum Gasteiger partial charge on any atom is 0.344 e. The number of hydrogen-bond acceptors (Lipinski definition) is 3. The minimum atomic E-state index is -0.933. The molecular weight excluding hydrogens is 206 g/mol. The lowest BCUT2D eigenvalue weighted by atomic mass is 10.2. The van der Waals surface area contributed by atoms with Crippen LogP contribution in [0.1, 0.15) is 13.3 Å². The van der Waals surface area contributed by atoms with Gasteiger partial charge in [0.25, 0.3) is 0 Å². The SMILES string of the molecule is CCC(Oc1cccc(N(C)C)c1)C(=O)O. The Hall–Kier alpha value is -1.71. The van der Waals surface area contributed by atoms with Gasteiger partial charge in [0.05, 0.1) is 0 Å². The molecule has 1 aromatic rings. The maximum atomic E-state index is 10.8. The Morgan fingerprint density at radius 2 is 2.19 bits per heavy atom. The molecule has 88 valence electrons. The highest BCUT2D eigenvalue weighted by atomic mass is 16.5. The molecule has 0 spiro atoms. The summed E-state index contributed by atoms with van der Waals surface area (Å²) in [5, 5.41) is 8.88. The Morgan fingerprint density at radius 3 is 2.69 bits per heavy atom. The van der Waals surface area contributed by atoms with E-state index in [1.807, 2.05) is 37.2 Å². The summed E-state index contributed by atoms with van der Waals surface area (Å²) in [6.07, 6.45) is -0.334. The summed E-state index contributed by atoms with van der Waals surface area (Å²) in [5.74, 6) is -0.349. The molecule has 0 saturated heterocycles. The lowest BCUT2D eigenvalue weighted by Crippen LogP contribution is -2.26. The number of anilines is 1. The molecule has 0 radical (unpaired) electrons. The average Bonchev–Trinajstić information content (AvgIpc) is 2.25. The standard InChI is InChI=1S/C12H17NO3/c1-4-11(12(14)15)16-10-7-5-6-9(8-10)13(2)3/h5-8,11H,4H2,1-3H3,(H,14,15). The van der Waals surface area contributed by atoms with Crippen LogP contribution >= 0.6 is 0 Å². The molecule has 0 aliphatic rings. The first-order chi connectivity index (χ1) is 7.54. The fourth-order valence-corrected chi connectivity index (χ4v) is 1.31. The average molecular weight is 223 g/mol. The molecule has 4 nitrogen and oxygen atoms in total. The third-order valence-electron chi connectivity index (χ3n) is 2.26. The molecule has 0 amide bonds. The molecule has 1 N–H and O–H groups in total. The van der Waals surface area contributed by atoms with Crippen LogP contribution in [0.15, 0.2) is 24.3 Å². The van der Waals surface area contributed by atoms with Gasteiger partial charge in [-0.2, -0.15) is 0 Å². The normalized spacial score (nSPS) is 11.9. The lowest BCUT2D eigenvalue weighted by Gasteiger charge is -2.16. The van der Waals surface area contributed by atoms with Gasteiger partial charge in [0.1, 0.15) is 5.75 Å². The van der Waals surface area contributed by atoms with E-state index in [-0.39, 0.29) is 0 Å². The van der Waals surface area contributed by atoms with Crippen molar-refractivity contribution in [3.63, 3.8) is 0 Å². The predicted molar refractivity (Wildman–Crippen MR) is 63.1 cm³/mol. The first kappa shape index (κ1) is 12.4. The zero-order chi connectivity index (χ0) is 12.1. The molecule has 0 aromatic heterocycles. The highest BCUT2D eigenvalue weighted by Gasteiger charge is 2.16. The molecule has 0 aliphatic carbocycles. The number of nitrogens with zero attached hydrogens (tertiary/aromatic N) is 1. The van der Waals surface area contributed by atoms with Crippen molar-refractivity contribution in [1.82, 2.24) is 0 Å². The Bertz CT molecular complexity index is 363. The highest BCUT2D eigenvalue weighted by molar-refractivity contribution is 5.72. The summed E-state index contributed by atoms with van der Waals surface area (Å²) >= 11 is 0. The summed E-state index contributed by atoms with van der Waals surface area (Å²) in [5.41, 5.74) is 0.984. The Balaban J connectivity index is 2.80. The third kappa shape index (κ3) is 3.15. The second-order valence-electron chi connectivity index (χ2n) is 3.74. The van der Waals surface area contributed by atoms with Gasteiger partial charge in [-0.15, -0.1) is 0 Å². The molecule has 1 rings (SSSR count). The van der Waals surface area contributed by atoms with Crippen molar-refractivity contribution in [2.24, 2.45) is 0 Å². The lowest BCUT2D eigenvalue weighted by molar-refractivity contribution is -0.145. The van der Waals surface area contributed by atoms with Crippen molar-refractivity contribution in [3.8, 4) is 5.75 Å². The van der Waals surface area contributed by atoms with Crippen LogP contribution in [0.2, 0.25) is 0 Å².